The summed E-state index contributed by atoms with van der Waals surface area (Å²) in [6.45, 7) is 1.82. The Balaban J connectivity index is 1.51. The number of carbonyl (C=O) groups excluding carboxylic acids is 1. The molecule has 1 saturated heterocycles. The average Bonchev–Trinajstić information content (AvgIpc) is 3.16. The highest BCUT2D eigenvalue weighted by atomic mass is 35.5. The van der Waals surface area contributed by atoms with Gasteiger partial charge in [-0.25, -0.2) is 19.3 Å². The predicted octanol–water partition coefficient (Wildman–Crippen LogP) is 3.70. The number of piperidine rings is 1. The summed E-state index contributed by atoms with van der Waals surface area (Å²) in [5.74, 6) is 0.0672. The topological polar surface area (TPSA) is 86.8 Å². The molecular formula is C19H19Cl2FN6O. The Kier molecular flexibility index (Phi) is 5.82. The van der Waals surface area contributed by atoms with Gasteiger partial charge in [0.15, 0.2) is 17.5 Å². The van der Waals surface area contributed by atoms with Crippen LogP contribution in [0.2, 0.25) is 5.02 Å². The lowest BCUT2D eigenvalue weighted by atomic mass is 9.98. The monoisotopic (exact) mass is 436 g/mol. The average molecular weight is 437 g/mol. The van der Waals surface area contributed by atoms with Gasteiger partial charge in [-0.15, -0.1) is 11.6 Å². The summed E-state index contributed by atoms with van der Waals surface area (Å²) >= 11 is 11.7. The van der Waals surface area contributed by atoms with Crippen LogP contribution in [0.25, 0.3) is 22.4 Å². The third-order valence-electron chi connectivity index (χ3n) is 5.03. The summed E-state index contributed by atoms with van der Waals surface area (Å²) in [4.78, 5) is 29.3. The molecule has 0 aliphatic carbocycles. The number of carbonyl (C=O) groups is 1. The molecule has 3 aromatic heterocycles. The quantitative estimate of drug-likeness (QED) is 0.595. The molecule has 4 heterocycles. The maximum absolute atomic E-state index is 14.3. The Hall–Kier alpha value is -2.45. The molecule has 0 radical (unpaired) electrons. The lowest BCUT2D eigenvalue weighted by Gasteiger charge is -2.32. The van der Waals surface area contributed by atoms with Crippen LogP contribution in [0.4, 0.5) is 10.2 Å². The number of aromatic nitrogens is 4. The zero-order chi connectivity index (χ0) is 20.4. The number of anilines is 1. The van der Waals surface area contributed by atoms with E-state index in [-0.39, 0.29) is 23.5 Å². The van der Waals surface area contributed by atoms with Crippen molar-refractivity contribution in [3.63, 3.8) is 0 Å². The first kappa shape index (κ1) is 19.8. The third kappa shape index (κ3) is 4.28. The summed E-state index contributed by atoms with van der Waals surface area (Å²) in [6.07, 6.45) is 6.26. The summed E-state index contributed by atoms with van der Waals surface area (Å²) in [7, 11) is 0. The number of H-pyrrole nitrogens is 1. The zero-order valence-electron chi connectivity index (χ0n) is 15.5. The van der Waals surface area contributed by atoms with Crippen molar-refractivity contribution in [1.29, 1.82) is 0 Å². The summed E-state index contributed by atoms with van der Waals surface area (Å²) in [5.41, 5.74) is 1.34. The number of aromatic amines is 1. The molecule has 0 aromatic carbocycles. The number of hydrogen-bond donors (Lipinski definition) is 2. The van der Waals surface area contributed by atoms with Crippen LogP contribution in [0.3, 0.4) is 0 Å². The van der Waals surface area contributed by atoms with Gasteiger partial charge in [0.1, 0.15) is 11.5 Å². The number of hydrogen-bond acceptors (Lipinski definition) is 5. The fourth-order valence-corrected chi connectivity index (χ4v) is 3.89. The molecule has 7 nitrogen and oxygen atoms in total. The van der Waals surface area contributed by atoms with E-state index in [9.17, 15) is 9.18 Å². The van der Waals surface area contributed by atoms with E-state index in [4.69, 9.17) is 23.2 Å². The second-order valence-electron chi connectivity index (χ2n) is 7.00. The van der Waals surface area contributed by atoms with Crippen molar-refractivity contribution in [1.82, 2.24) is 24.8 Å². The second-order valence-corrected chi connectivity index (χ2v) is 7.71. The van der Waals surface area contributed by atoms with Crippen molar-refractivity contribution in [2.45, 2.75) is 12.8 Å². The van der Waals surface area contributed by atoms with Crippen LogP contribution in [0, 0.1) is 11.7 Å². The Bertz CT molecular complexity index is 1040. The molecule has 1 aliphatic heterocycles. The molecule has 1 unspecified atom stereocenters. The van der Waals surface area contributed by atoms with Crippen LogP contribution in [-0.2, 0) is 4.79 Å². The minimum absolute atomic E-state index is 0.0203. The van der Waals surface area contributed by atoms with Crippen LogP contribution in [0.1, 0.15) is 12.8 Å². The number of halogens is 3. The first-order valence-corrected chi connectivity index (χ1v) is 10.2. The van der Waals surface area contributed by atoms with Crippen molar-refractivity contribution >= 4 is 46.0 Å². The number of alkyl halides is 1. The largest absolute Gasteiger partial charge is 0.367 e. The standard InChI is InChI=1S/C19H19Cl2FN6O/c20-5-16(29)28-3-1-2-11(10-28)6-23-19-15(22)9-26-18(27-19)14-8-25-17-13(14)4-12(21)7-24-17/h4,7-9,11H,1-3,5-6,10H2,(H,24,25)(H,23,26,27). The zero-order valence-corrected chi connectivity index (χ0v) is 17.0. The number of nitrogens with zero attached hydrogens (tertiary/aromatic N) is 4. The van der Waals surface area contributed by atoms with Crippen molar-refractivity contribution in [3.05, 3.63) is 35.5 Å². The fourth-order valence-electron chi connectivity index (χ4n) is 3.57. The number of pyridine rings is 1. The third-order valence-corrected chi connectivity index (χ3v) is 5.46. The Labute approximate surface area is 176 Å². The summed E-state index contributed by atoms with van der Waals surface area (Å²) in [5, 5.41) is 4.33. The van der Waals surface area contributed by atoms with Crippen LogP contribution < -0.4 is 5.32 Å². The number of nitrogens with one attached hydrogen (secondary N) is 2. The molecule has 1 fully saturated rings. The molecule has 10 heteroatoms. The maximum Gasteiger partial charge on any atom is 0.237 e. The van der Waals surface area contributed by atoms with Gasteiger partial charge in [0.2, 0.25) is 5.91 Å². The lowest BCUT2D eigenvalue weighted by molar-refractivity contribution is -0.130. The van der Waals surface area contributed by atoms with Gasteiger partial charge >= 0.3 is 0 Å². The van der Waals surface area contributed by atoms with E-state index < -0.39 is 5.82 Å². The Morgan fingerprint density at radius 1 is 1.38 bits per heavy atom. The van der Waals surface area contributed by atoms with E-state index in [1.165, 1.54) is 0 Å². The van der Waals surface area contributed by atoms with E-state index >= 15 is 0 Å². The van der Waals surface area contributed by atoms with Gasteiger partial charge in [-0.1, -0.05) is 11.6 Å². The molecule has 29 heavy (non-hydrogen) atoms. The highest BCUT2D eigenvalue weighted by Gasteiger charge is 2.23. The van der Waals surface area contributed by atoms with Crippen LogP contribution in [0.5, 0.6) is 0 Å². The van der Waals surface area contributed by atoms with Gasteiger partial charge in [-0.05, 0) is 24.8 Å². The molecule has 4 rings (SSSR count). The fraction of sp³-hybridized carbons (Fsp3) is 0.368. The lowest BCUT2D eigenvalue weighted by Crippen LogP contribution is -2.42. The maximum atomic E-state index is 14.3. The highest BCUT2D eigenvalue weighted by molar-refractivity contribution is 6.31. The first-order valence-electron chi connectivity index (χ1n) is 9.28. The second kappa shape index (κ2) is 8.51. The van der Waals surface area contributed by atoms with Crippen LogP contribution >= 0.6 is 23.2 Å². The van der Waals surface area contributed by atoms with Crippen molar-refractivity contribution in [2.24, 2.45) is 5.92 Å². The van der Waals surface area contributed by atoms with Crippen molar-refractivity contribution in [3.8, 4) is 11.4 Å². The first-order chi connectivity index (χ1) is 14.0. The minimum Gasteiger partial charge on any atom is -0.367 e. The van der Waals surface area contributed by atoms with Gasteiger partial charge in [0.25, 0.3) is 0 Å². The number of fused-ring (bicyclic) bond motifs is 1. The van der Waals surface area contributed by atoms with E-state index in [0.717, 1.165) is 24.4 Å². The van der Waals surface area contributed by atoms with Crippen molar-refractivity contribution < 1.29 is 9.18 Å². The Morgan fingerprint density at radius 3 is 3.07 bits per heavy atom. The molecule has 2 N–H and O–H groups in total. The molecule has 0 spiro atoms. The molecule has 0 bridgehead atoms. The van der Waals surface area contributed by atoms with Gasteiger partial charge in [-0.3, -0.25) is 4.79 Å². The van der Waals surface area contributed by atoms with E-state index in [1.54, 1.807) is 23.4 Å². The van der Waals surface area contributed by atoms with Crippen LogP contribution in [-0.4, -0.2) is 56.3 Å². The molecular weight excluding hydrogens is 418 g/mol. The van der Waals surface area contributed by atoms with Gasteiger partial charge in [0.05, 0.1) is 11.2 Å². The Morgan fingerprint density at radius 2 is 2.24 bits per heavy atom. The molecule has 1 atom stereocenters. The SMILES string of the molecule is O=C(CCl)N1CCCC(CNc2nc(-c3c[nH]c4ncc(Cl)cc34)ncc2F)C1. The van der Waals surface area contributed by atoms with Gasteiger partial charge < -0.3 is 15.2 Å². The molecule has 3 aromatic rings. The van der Waals surface area contributed by atoms with E-state index in [1.807, 2.05) is 0 Å². The molecule has 152 valence electrons. The molecule has 0 saturated carbocycles. The minimum atomic E-state index is -0.533. The predicted molar refractivity (Wildman–Crippen MR) is 111 cm³/mol. The van der Waals surface area contributed by atoms with E-state index in [0.29, 0.717) is 41.7 Å². The summed E-state index contributed by atoms with van der Waals surface area (Å²) in [6, 6.07) is 1.76. The number of rotatable bonds is 5. The number of amides is 1. The van der Waals surface area contributed by atoms with E-state index in [2.05, 4.69) is 25.3 Å². The van der Waals surface area contributed by atoms with Crippen molar-refractivity contribution in [2.75, 3.05) is 30.8 Å². The van der Waals surface area contributed by atoms with Gasteiger partial charge in [-0.2, -0.15) is 0 Å². The van der Waals surface area contributed by atoms with Crippen LogP contribution in [0.15, 0.2) is 24.7 Å². The van der Waals surface area contributed by atoms with Gasteiger partial charge in [0, 0.05) is 43.0 Å². The summed E-state index contributed by atoms with van der Waals surface area (Å²) < 4.78 is 14.3. The normalized spacial score (nSPS) is 16.9. The smallest absolute Gasteiger partial charge is 0.237 e. The molecule has 1 aliphatic rings. The highest BCUT2D eigenvalue weighted by Crippen LogP contribution is 2.28. The molecule has 1 amide bonds. The number of likely N-dealkylation sites (tertiary alicyclic amines) is 1.